The van der Waals surface area contributed by atoms with Crippen molar-refractivity contribution in [1.29, 1.82) is 0 Å². The SMILES string of the molecule is Cc1cccnc1C(c1ccc(F)cc1)N(C)C(=O)C1CCN(Cc2ccc(Cl)c(Cl)c2)CC1. The minimum Gasteiger partial charge on any atom is -0.333 e. The summed E-state index contributed by atoms with van der Waals surface area (Å²) in [6, 6.07) is 15.5. The van der Waals surface area contributed by atoms with Gasteiger partial charge in [-0.1, -0.05) is 47.5 Å². The lowest BCUT2D eigenvalue weighted by Gasteiger charge is -2.36. The van der Waals surface area contributed by atoms with Gasteiger partial charge in [-0.3, -0.25) is 14.7 Å². The molecule has 1 unspecified atom stereocenters. The molecule has 1 aromatic heterocycles. The van der Waals surface area contributed by atoms with Gasteiger partial charge in [0.2, 0.25) is 5.91 Å². The molecular formula is C27H28Cl2FN3O. The number of hydrogen-bond acceptors (Lipinski definition) is 3. The van der Waals surface area contributed by atoms with Crippen molar-refractivity contribution in [3.8, 4) is 0 Å². The number of nitrogens with zero attached hydrogens (tertiary/aromatic N) is 3. The van der Waals surface area contributed by atoms with Gasteiger partial charge in [-0.25, -0.2) is 4.39 Å². The van der Waals surface area contributed by atoms with Gasteiger partial charge < -0.3 is 4.90 Å². The van der Waals surface area contributed by atoms with Gasteiger partial charge in [0, 0.05) is 25.7 Å². The number of pyridine rings is 1. The van der Waals surface area contributed by atoms with Crippen LogP contribution in [0.25, 0.3) is 0 Å². The monoisotopic (exact) mass is 499 g/mol. The number of aromatic nitrogens is 1. The number of rotatable bonds is 6. The highest BCUT2D eigenvalue weighted by Gasteiger charge is 2.32. The second kappa shape index (κ2) is 10.9. The smallest absolute Gasteiger partial charge is 0.226 e. The molecule has 0 spiro atoms. The van der Waals surface area contributed by atoms with Crippen LogP contribution in [0.5, 0.6) is 0 Å². The van der Waals surface area contributed by atoms with E-state index < -0.39 is 0 Å². The van der Waals surface area contributed by atoms with Crippen LogP contribution in [0.15, 0.2) is 60.8 Å². The summed E-state index contributed by atoms with van der Waals surface area (Å²) in [5.74, 6) is -0.279. The fraction of sp³-hybridized carbons (Fsp3) is 0.333. The zero-order chi connectivity index (χ0) is 24.2. The number of aryl methyl sites for hydroxylation is 1. The molecule has 0 saturated carbocycles. The van der Waals surface area contributed by atoms with Gasteiger partial charge in [0.15, 0.2) is 0 Å². The Morgan fingerprint density at radius 3 is 2.47 bits per heavy atom. The molecule has 0 bridgehead atoms. The number of piperidine rings is 1. The number of halogens is 3. The predicted molar refractivity (Wildman–Crippen MR) is 134 cm³/mol. The molecule has 1 fully saturated rings. The summed E-state index contributed by atoms with van der Waals surface area (Å²) < 4.78 is 13.6. The largest absolute Gasteiger partial charge is 0.333 e. The summed E-state index contributed by atoms with van der Waals surface area (Å²) in [5, 5.41) is 1.11. The first-order valence-electron chi connectivity index (χ1n) is 11.4. The lowest BCUT2D eigenvalue weighted by atomic mass is 9.92. The molecule has 0 radical (unpaired) electrons. The van der Waals surface area contributed by atoms with Crippen molar-refractivity contribution in [2.75, 3.05) is 20.1 Å². The summed E-state index contributed by atoms with van der Waals surface area (Å²) in [6.07, 6.45) is 3.29. The van der Waals surface area contributed by atoms with Crippen LogP contribution in [-0.4, -0.2) is 40.8 Å². The average molecular weight is 500 g/mol. The van der Waals surface area contributed by atoms with Crippen molar-refractivity contribution in [3.63, 3.8) is 0 Å². The summed E-state index contributed by atoms with van der Waals surface area (Å²) in [5.41, 5.74) is 3.75. The van der Waals surface area contributed by atoms with Crippen molar-refractivity contribution >= 4 is 29.1 Å². The molecule has 2 heterocycles. The summed E-state index contributed by atoms with van der Waals surface area (Å²) in [6.45, 7) is 4.42. The zero-order valence-corrected chi connectivity index (χ0v) is 20.9. The third-order valence-corrected chi connectivity index (χ3v) is 7.30. The Morgan fingerprint density at radius 2 is 1.82 bits per heavy atom. The van der Waals surface area contributed by atoms with Gasteiger partial charge in [-0.2, -0.15) is 0 Å². The third kappa shape index (κ3) is 5.60. The van der Waals surface area contributed by atoms with E-state index in [-0.39, 0.29) is 23.7 Å². The van der Waals surface area contributed by atoms with E-state index in [2.05, 4.69) is 9.88 Å². The molecular weight excluding hydrogens is 472 g/mol. The van der Waals surface area contributed by atoms with Gasteiger partial charge in [0.05, 0.1) is 21.8 Å². The standard InChI is InChI=1S/C27H28Cl2FN3O/c1-18-4-3-13-31-25(18)26(20-6-8-22(30)9-7-20)32(2)27(34)21-11-14-33(15-12-21)17-19-5-10-23(28)24(29)16-19/h3-10,13,16,21,26H,11-12,14-15,17H2,1-2H3. The molecule has 34 heavy (non-hydrogen) atoms. The predicted octanol–water partition coefficient (Wildman–Crippen LogP) is 6.30. The van der Waals surface area contributed by atoms with Crippen LogP contribution in [0.2, 0.25) is 10.0 Å². The van der Waals surface area contributed by atoms with Gasteiger partial charge in [-0.05, 0) is 79.9 Å². The fourth-order valence-electron chi connectivity index (χ4n) is 4.64. The number of carbonyl (C=O) groups is 1. The van der Waals surface area contributed by atoms with Gasteiger partial charge in [0.1, 0.15) is 5.82 Å². The lowest BCUT2D eigenvalue weighted by Crippen LogP contribution is -2.42. The molecule has 0 aliphatic carbocycles. The van der Waals surface area contributed by atoms with Crippen LogP contribution < -0.4 is 0 Å². The number of carbonyl (C=O) groups excluding carboxylic acids is 1. The maximum absolute atomic E-state index is 13.6. The molecule has 4 rings (SSSR count). The van der Waals surface area contributed by atoms with Crippen LogP contribution in [0, 0.1) is 18.7 Å². The summed E-state index contributed by atoms with van der Waals surface area (Å²) >= 11 is 12.2. The van der Waals surface area contributed by atoms with Crippen LogP contribution in [0.3, 0.4) is 0 Å². The maximum atomic E-state index is 13.6. The first-order valence-corrected chi connectivity index (χ1v) is 12.2. The zero-order valence-electron chi connectivity index (χ0n) is 19.3. The summed E-state index contributed by atoms with van der Waals surface area (Å²) in [7, 11) is 1.83. The van der Waals surface area contributed by atoms with E-state index in [0.29, 0.717) is 10.0 Å². The Kier molecular flexibility index (Phi) is 7.87. The minimum absolute atomic E-state index is 0.0676. The van der Waals surface area contributed by atoms with Crippen LogP contribution in [0.4, 0.5) is 4.39 Å². The van der Waals surface area contributed by atoms with Crippen molar-refractivity contribution in [2.24, 2.45) is 5.92 Å². The number of benzene rings is 2. The quantitative estimate of drug-likeness (QED) is 0.399. The topological polar surface area (TPSA) is 36.4 Å². The van der Waals surface area contributed by atoms with Gasteiger partial charge in [-0.15, -0.1) is 0 Å². The Morgan fingerprint density at radius 1 is 1.12 bits per heavy atom. The maximum Gasteiger partial charge on any atom is 0.226 e. The van der Waals surface area contributed by atoms with Crippen LogP contribution in [0.1, 0.15) is 41.3 Å². The molecule has 1 amide bonds. The second-order valence-corrected chi connectivity index (χ2v) is 9.72. The molecule has 178 valence electrons. The molecule has 0 N–H and O–H groups in total. The third-order valence-electron chi connectivity index (χ3n) is 6.56. The van der Waals surface area contributed by atoms with E-state index in [1.54, 1.807) is 23.2 Å². The molecule has 7 heteroatoms. The van der Waals surface area contributed by atoms with Gasteiger partial charge >= 0.3 is 0 Å². The van der Waals surface area contributed by atoms with Crippen LogP contribution >= 0.6 is 23.2 Å². The highest BCUT2D eigenvalue weighted by Crippen LogP contribution is 2.32. The molecule has 1 atom stereocenters. The number of likely N-dealkylation sites (tertiary alicyclic amines) is 1. The van der Waals surface area contributed by atoms with Crippen molar-refractivity contribution < 1.29 is 9.18 Å². The second-order valence-electron chi connectivity index (χ2n) is 8.91. The first kappa shape index (κ1) is 24.6. The molecule has 3 aromatic rings. The highest BCUT2D eigenvalue weighted by molar-refractivity contribution is 6.42. The molecule has 1 aliphatic heterocycles. The van der Waals surface area contributed by atoms with Gasteiger partial charge in [0.25, 0.3) is 0 Å². The molecule has 2 aromatic carbocycles. The van der Waals surface area contributed by atoms with Crippen molar-refractivity contribution in [2.45, 2.75) is 32.4 Å². The summed E-state index contributed by atoms with van der Waals surface area (Å²) in [4.78, 5) is 22.3. The molecule has 1 saturated heterocycles. The first-order chi connectivity index (χ1) is 16.3. The molecule has 4 nitrogen and oxygen atoms in total. The molecule has 1 aliphatic rings. The van der Waals surface area contributed by atoms with E-state index in [0.717, 1.165) is 54.9 Å². The highest BCUT2D eigenvalue weighted by atomic mass is 35.5. The van der Waals surface area contributed by atoms with E-state index in [1.807, 2.05) is 44.3 Å². The number of hydrogen-bond donors (Lipinski definition) is 0. The Balaban J connectivity index is 1.47. The normalized spacial score (nSPS) is 15.8. The Bertz CT molecular complexity index is 1150. The van der Waals surface area contributed by atoms with E-state index in [9.17, 15) is 9.18 Å². The van der Waals surface area contributed by atoms with E-state index in [4.69, 9.17) is 23.2 Å². The van der Waals surface area contributed by atoms with E-state index in [1.165, 1.54) is 12.1 Å². The lowest BCUT2D eigenvalue weighted by molar-refractivity contribution is -0.137. The van der Waals surface area contributed by atoms with Crippen molar-refractivity contribution in [3.05, 3.63) is 99.0 Å². The van der Waals surface area contributed by atoms with Crippen LogP contribution in [-0.2, 0) is 11.3 Å². The Labute approximate surface area is 210 Å². The Hall–Kier alpha value is -2.47. The minimum atomic E-state index is -0.372. The average Bonchev–Trinajstić information content (AvgIpc) is 2.84. The van der Waals surface area contributed by atoms with E-state index >= 15 is 0 Å². The van der Waals surface area contributed by atoms with Crippen molar-refractivity contribution in [1.82, 2.24) is 14.8 Å². The fourth-order valence-corrected chi connectivity index (χ4v) is 4.96. The number of amides is 1.